The Bertz CT molecular complexity index is 533. The van der Waals surface area contributed by atoms with Gasteiger partial charge in [0.05, 0.1) is 6.20 Å². The number of rotatable bonds is 2. The van der Waals surface area contributed by atoms with Crippen molar-refractivity contribution in [2.75, 3.05) is 0 Å². The summed E-state index contributed by atoms with van der Waals surface area (Å²) in [6.07, 6.45) is 0.911. The van der Waals surface area contributed by atoms with Gasteiger partial charge < -0.3 is 5.11 Å². The van der Waals surface area contributed by atoms with Crippen LogP contribution >= 0.6 is 0 Å². The van der Waals surface area contributed by atoms with Crippen LogP contribution in [0.5, 0.6) is 0 Å². The molecule has 0 bridgehead atoms. The molecule has 7 heteroatoms. The first-order valence-electron chi connectivity index (χ1n) is 4.19. The molecule has 1 aromatic carbocycles. The van der Waals surface area contributed by atoms with E-state index in [9.17, 15) is 13.6 Å². The second-order valence-electron chi connectivity index (χ2n) is 2.91. The molecule has 82 valence electrons. The second kappa shape index (κ2) is 3.69. The van der Waals surface area contributed by atoms with E-state index in [0.29, 0.717) is 4.68 Å². The lowest BCUT2D eigenvalue weighted by Gasteiger charge is -2.05. The first kappa shape index (κ1) is 10.2. The van der Waals surface area contributed by atoms with Gasteiger partial charge >= 0.3 is 5.97 Å². The summed E-state index contributed by atoms with van der Waals surface area (Å²) in [6.45, 7) is 0. The van der Waals surface area contributed by atoms with Crippen molar-refractivity contribution < 1.29 is 18.7 Å². The van der Waals surface area contributed by atoms with Crippen molar-refractivity contribution in [3.63, 3.8) is 0 Å². The predicted molar refractivity (Wildman–Crippen MR) is 48.2 cm³/mol. The van der Waals surface area contributed by atoms with E-state index in [1.165, 1.54) is 6.07 Å². The molecule has 16 heavy (non-hydrogen) atoms. The Hall–Kier alpha value is -2.31. The minimum atomic E-state index is -1.37. The van der Waals surface area contributed by atoms with Crippen LogP contribution in [-0.4, -0.2) is 26.1 Å². The number of nitrogens with zero attached hydrogens (tertiary/aromatic N) is 3. The van der Waals surface area contributed by atoms with Gasteiger partial charge in [-0.15, -0.1) is 5.10 Å². The molecule has 0 atom stereocenters. The maximum Gasteiger partial charge on any atom is 0.356 e. The Balaban J connectivity index is 2.68. The second-order valence-corrected chi connectivity index (χ2v) is 2.91. The van der Waals surface area contributed by atoms with Crippen molar-refractivity contribution in [3.05, 3.63) is 41.7 Å². The van der Waals surface area contributed by atoms with Crippen molar-refractivity contribution in [3.8, 4) is 5.69 Å². The molecule has 0 spiro atoms. The average Bonchev–Trinajstić information content (AvgIpc) is 2.66. The van der Waals surface area contributed by atoms with Gasteiger partial charge in [-0.1, -0.05) is 11.3 Å². The number of aromatic carboxylic acids is 1. The standard InChI is InChI=1S/C9H5F2N3O2/c10-5-2-1-3-6(11)8(5)14-7(9(15)16)4-12-13-14/h1-4H,(H,15,16). The smallest absolute Gasteiger partial charge is 0.356 e. The van der Waals surface area contributed by atoms with Crippen molar-refractivity contribution in [1.29, 1.82) is 0 Å². The molecule has 0 saturated carbocycles. The average molecular weight is 225 g/mol. The van der Waals surface area contributed by atoms with Crippen molar-refractivity contribution in [2.24, 2.45) is 0 Å². The van der Waals surface area contributed by atoms with Crippen LogP contribution in [0.15, 0.2) is 24.4 Å². The number of carbonyl (C=O) groups is 1. The van der Waals surface area contributed by atoms with Gasteiger partial charge in [-0.05, 0) is 12.1 Å². The fraction of sp³-hybridized carbons (Fsp3) is 0. The van der Waals surface area contributed by atoms with Gasteiger partial charge in [0.15, 0.2) is 17.3 Å². The number of carboxylic acids is 1. The van der Waals surface area contributed by atoms with Gasteiger partial charge in [-0.2, -0.15) is 0 Å². The molecule has 0 aliphatic rings. The monoisotopic (exact) mass is 225 g/mol. The molecule has 0 radical (unpaired) electrons. The summed E-state index contributed by atoms with van der Waals surface area (Å²) in [6, 6.07) is 3.18. The normalized spacial score (nSPS) is 10.4. The number of hydrogen-bond acceptors (Lipinski definition) is 3. The number of aromatic nitrogens is 3. The number of hydrogen-bond donors (Lipinski definition) is 1. The van der Waals surface area contributed by atoms with E-state index in [0.717, 1.165) is 18.3 Å². The van der Waals surface area contributed by atoms with Crippen LogP contribution in [-0.2, 0) is 0 Å². The van der Waals surface area contributed by atoms with Gasteiger partial charge in [0, 0.05) is 0 Å². The summed E-state index contributed by atoms with van der Waals surface area (Å²) in [5.41, 5.74) is -0.971. The Labute approximate surface area is 87.9 Å². The first-order chi connectivity index (χ1) is 7.61. The number of carboxylic acid groups (broad SMARTS) is 1. The van der Waals surface area contributed by atoms with Crippen LogP contribution in [0.25, 0.3) is 5.69 Å². The predicted octanol–water partition coefficient (Wildman–Crippen LogP) is 1.24. The molecule has 1 heterocycles. The maximum atomic E-state index is 13.3. The third-order valence-corrected chi connectivity index (χ3v) is 1.92. The molecule has 2 aromatic rings. The molecular formula is C9H5F2N3O2. The van der Waals surface area contributed by atoms with Gasteiger partial charge in [0.25, 0.3) is 0 Å². The summed E-state index contributed by atoms with van der Waals surface area (Å²) in [5.74, 6) is -3.19. The zero-order chi connectivity index (χ0) is 11.7. The highest BCUT2D eigenvalue weighted by Gasteiger charge is 2.19. The lowest BCUT2D eigenvalue weighted by Crippen LogP contribution is -2.11. The van der Waals surface area contributed by atoms with Crippen molar-refractivity contribution >= 4 is 5.97 Å². The maximum absolute atomic E-state index is 13.3. The Morgan fingerprint density at radius 2 is 1.94 bits per heavy atom. The molecule has 5 nitrogen and oxygen atoms in total. The third-order valence-electron chi connectivity index (χ3n) is 1.92. The summed E-state index contributed by atoms with van der Waals surface area (Å²) >= 11 is 0. The number of halogens is 2. The zero-order valence-electron chi connectivity index (χ0n) is 7.76. The lowest BCUT2D eigenvalue weighted by atomic mass is 10.3. The largest absolute Gasteiger partial charge is 0.476 e. The van der Waals surface area contributed by atoms with Crippen LogP contribution in [0.2, 0.25) is 0 Å². The lowest BCUT2D eigenvalue weighted by molar-refractivity contribution is 0.0687. The van der Waals surface area contributed by atoms with Crippen LogP contribution in [0.3, 0.4) is 0 Å². The molecule has 0 unspecified atom stereocenters. The molecule has 2 rings (SSSR count). The Morgan fingerprint density at radius 1 is 1.31 bits per heavy atom. The van der Waals surface area contributed by atoms with Crippen LogP contribution in [0.1, 0.15) is 10.5 Å². The topological polar surface area (TPSA) is 68.0 Å². The van der Waals surface area contributed by atoms with E-state index >= 15 is 0 Å². The fourth-order valence-corrected chi connectivity index (χ4v) is 1.24. The molecule has 1 aromatic heterocycles. The van der Waals surface area contributed by atoms with Crippen LogP contribution < -0.4 is 0 Å². The van der Waals surface area contributed by atoms with Crippen LogP contribution in [0, 0.1) is 11.6 Å². The summed E-state index contributed by atoms with van der Waals surface area (Å²) in [7, 11) is 0. The molecular weight excluding hydrogens is 220 g/mol. The summed E-state index contributed by atoms with van der Waals surface area (Å²) < 4.78 is 27.3. The highest BCUT2D eigenvalue weighted by atomic mass is 19.1. The Morgan fingerprint density at radius 3 is 2.50 bits per heavy atom. The van der Waals surface area contributed by atoms with Crippen LogP contribution in [0.4, 0.5) is 8.78 Å². The van der Waals surface area contributed by atoms with Crippen molar-refractivity contribution in [1.82, 2.24) is 15.0 Å². The minimum Gasteiger partial charge on any atom is -0.476 e. The van der Waals surface area contributed by atoms with E-state index in [1.54, 1.807) is 0 Å². The van der Waals surface area contributed by atoms with Gasteiger partial charge in [0.2, 0.25) is 0 Å². The highest BCUT2D eigenvalue weighted by Crippen LogP contribution is 2.17. The molecule has 1 N–H and O–H groups in total. The minimum absolute atomic E-state index is 0.413. The Kier molecular flexibility index (Phi) is 2.35. The SMILES string of the molecule is O=C(O)c1cnnn1-c1c(F)cccc1F. The zero-order valence-corrected chi connectivity index (χ0v) is 7.76. The van der Waals surface area contributed by atoms with E-state index in [-0.39, 0.29) is 0 Å². The number of benzene rings is 1. The first-order valence-corrected chi connectivity index (χ1v) is 4.19. The molecule has 0 aliphatic carbocycles. The summed E-state index contributed by atoms with van der Waals surface area (Å²) in [4.78, 5) is 10.7. The van der Waals surface area contributed by atoms with E-state index in [2.05, 4.69) is 10.3 Å². The van der Waals surface area contributed by atoms with Gasteiger partial charge in [-0.3, -0.25) is 0 Å². The van der Waals surface area contributed by atoms with E-state index in [1.807, 2.05) is 0 Å². The van der Waals surface area contributed by atoms with Crippen molar-refractivity contribution in [2.45, 2.75) is 0 Å². The molecule has 0 amide bonds. The number of para-hydroxylation sites is 1. The molecule has 0 fully saturated rings. The fourth-order valence-electron chi connectivity index (χ4n) is 1.24. The quantitative estimate of drug-likeness (QED) is 0.834. The highest BCUT2D eigenvalue weighted by molar-refractivity contribution is 5.85. The van der Waals surface area contributed by atoms with E-state index in [4.69, 9.17) is 5.11 Å². The third kappa shape index (κ3) is 1.52. The van der Waals surface area contributed by atoms with Gasteiger partial charge in [-0.25, -0.2) is 18.3 Å². The van der Waals surface area contributed by atoms with E-state index < -0.39 is 29.0 Å². The van der Waals surface area contributed by atoms with Gasteiger partial charge in [0.1, 0.15) is 5.69 Å². The summed E-state index contributed by atoms with van der Waals surface area (Å²) in [5, 5.41) is 15.4. The molecule has 0 aliphatic heterocycles. The molecule has 0 saturated heterocycles.